The first kappa shape index (κ1) is 58.8. The highest BCUT2D eigenvalue weighted by Crippen LogP contribution is 2.45. The molecule has 0 aliphatic carbocycles. The lowest BCUT2D eigenvalue weighted by atomic mass is 9.99. The number of rotatable bonds is 20. The number of piperazine rings is 2. The molecular weight excluding hydrogens is 1110 g/mol. The normalized spacial score (nSPS) is 15.8. The van der Waals surface area contributed by atoms with E-state index < -0.39 is 56.9 Å². The molecule has 14 nitrogen and oxygen atoms in total. The third-order valence-electron chi connectivity index (χ3n) is 13.7. The van der Waals surface area contributed by atoms with Crippen LogP contribution in [0.2, 0.25) is 5.02 Å². The lowest BCUT2D eigenvalue weighted by Gasteiger charge is -2.37. The number of aromatic nitrogens is 1. The van der Waals surface area contributed by atoms with Gasteiger partial charge in [-0.1, -0.05) is 41.9 Å². The predicted molar refractivity (Wildman–Crippen MR) is 305 cm³/mol. The molecule has 3 heterocycles. The zero-order valence-electron chi connectivity index (χ0n) is 44.2. The van der Waals surface area contributed by atoms with Crippen LogP contribution >= 0.6 is 23.4 Å². The molecule has 5 aromatic carbocycles. The maximum atomic E-state index is 15.8. The summed E-state index contributed by atoms with van der Waals surface area (Å²) in [5.41, 5.74) is 1.35. The number of alkyl halides is 3. The summed E-state index contributed by atoms with van der Waals surface area (Å²) in [5.74, 6) is -0.166. The standard InChI is InChI=1S/C55H65ClF4N8O6S4/c1-37(2)62-67-30-24-64(25-31-67)23-22-45(36-75-48-10-8-7-9-11-48)61-50-21-20-49(35-51(50)77(71,72)55(58,59)60)78(73,74)63-44-16-18-46(19-17-44)65-26-28-66(29-27-65)47-33-41(32-43(57)34-47)52-53(40-12-14-42(56)15-13-40)68(38(3)4)39(5)54(52)76(6,69)70/h7-21,32-35,37-38,45,61-63H,22-31,36H2,1-6H3/t45-/m1/s1. The highest BCUT2D eigenvalue weighted by Gasteiger charge is 2.48. The fraction of sp³-hybridized carbons (Fsp3) is 0.382. The molecule has 0 spiro atoms. The second-order valence-electron chi connectivity index (χ2n) is 20.2. The molecule has 0 bridgehead atoms. The first-order valence-corrected chi connectivity index (χ1v) is 31.8. The maximum Gasteiger partial charge on any atom is 0.501 e. The van der Waals surface area contributed by atoms with Crippen LogP contribution < -0.4 is 25.3 Å². The Hall–Kier alpha value is -5.33. The van der Waals surface area contributed by atoms with Crippen LogP contribution in [-0.4, -0.2) is 128 Å². The summed E-state index contributed by atoms with van der Waals surface area (Å²) in [6.07, 6.45) is 1.61. The number of anilines is 4. The van der Waals surface area contributed by atoms with Crippen molar-refractivity contribution in [2.24, 2.45) is 0 Å². The van der Waals surface area contributed by atoms with Gasteiger partial charge in [-0.2, -0.15) is 13.2 Å². The Morgan fingerprint density at radius 2 is 1.35 bits per heavy atom. The first-order valence-electron chi connectivity index (χ1n) is 25.6. The SMILES string of the molecule is Cc1c(S(C)(=O)=O)c(-c2cc(F)cc(N3CCN(c4ccc(NS(=O)(=O)c5ccc(N[C@H](CCN6CCN(NC(C)C)CC6)CSc6ccccc6)c(S(=O)(=O)C(F)(F)F)c5)cc4)CC3)c2)c(-c2ccc(Cl)cc2)n1C(C)C. The van der Waals surface area contributed by atoms with Gasteiger partial charge in [-0.25, -0.2) is 34.7 Å². The Balaban J connectivity index is 0.977. The monoisotopic (exact) mass is 1170 g/mol. The van der Waals surface area contributed by atoms with E-state index in [2.05, 4.69) is 44.1 Å². The minimum atomic E-state index is -6.05. The van der Waals surface area contributed by atoms with E-state index in [1.165, 1.54) is 36.0 Å². The number of sulfonamides is 1. The largest absolute Gasteiger partial charge is 0.501 e. The zero-order chi connectivity index (χ0) is 56.3. The molecule has 1 atom stereocenters. The van der Waals surface area contributed by atoms with E-state index in [1.807, 2.05) is 65.8 Å². The van der Waals surface area contributed by atoms with E-state index in [0.29, 0.717) is 84.2 Å². The molecule has 0 saturated carbocycles. The van der Waals surface area contributed by atoms with Gasteiger partial charge in [-0.05, 0) is 137 Å². The van der Waals surface area contributed by atoms with Gasteiger partial charge in [0.1, 0.15) is 10.7 Å². The highest BCUT2D eigenvalue weighted by atomic mass is 35.5. The van der Waals surface area contributed by atoms with Crippen molar-refractivity contribution in [1.29, 1.82) is 0 Å². The summed E-state index contributed by atoms with van der Waals surface area (Å²) in [6, 6.07) is 29.8. The number of nitrogens with zero attached hydrogens (tertiary/aromatic N) is 5. The maximum absolute atomic E-state index is 15.8. The lowest BCUT2D eigenvalue weighted by Crippen LogP contribution is -2.54. The fourth-order valence-corrected chi connectivity index (χ4v) is 14.5. The average molecular weight is 1170 g/mol. The molecule has 2 aliphatic rings. The smallest absolute Gasteiger partial charge is 0.380 e. The fourth-order valence-electron chi connectivity index (χ4n) is 10.1. The molecule has 6 aromatic rings. The van der Waals surface area contributed by atoms with Gasteiger partial charge in [-0.3, -0.25) is 10.1 Å². The summed E-state index contributed by atoms with van der Waals surface area (Å²) in [6.45, 7) is 15.3. The summed E-state index contributed by atoms with van der Waals surface area (Å²) in [4.78, 5) is 5.46. The third kappa shape index (κ3) is 13.8. The van der Waals surface area contributed by atoms with E-state index in [0.717, 1.165) is 60.7 Å². The molecule has 23 heteroatoms. The Morgan fingerprint density at radius 3 is 1.94 bits per heavy atom. The molecule has 0 amide bonds. The van der Waals surface area contributed by atoms with Crippen LogP contribution in [0.1, 0.15) is 45.9 Å². The number of benzene rings is 5. The van der Waals surface area contributed by atoms with E-state index in [4.69, 9.17) is 11.6 Å². The number of hydrazine groups is 1. The Bertz CT molecular complexity index is 3410. The summed E-state index contributed by atoms with van der Waals surface area (Å²) in [7, 11) is -14.5. The van der Waals surface area contributed by atoms with Crippen LogP contribution in [0.15, 0.2) is 135 Å². The van der Waals surface area contributed by atoms with Crippen LogP contribution in [0.3, 0.4) is 0 Å². The predicted octanol–water partition coefficient (Wildman–Crippen LogP) is 10.8. The number of hydrogen-bond donors (Lipinski definition) is 3. The minimum absolute atomic E-state index is 0.0823. The van der Waals surface area contributed by atoms with Gasteiger partial charge in [0, 0.05) is 127 Å². The molecule has 0 unspecified atom stereocenters. The van der Waals surface area contributed by atoms with Crippen LogP contribution in [0.4, 0.5) is 40.3 Å². The topological polar surface area (TPSA) is 156 Å². The molecule has 2 fully saturated rings. The van der Waals surface area contributed by atoms with Crippen molar-refractivity contribution in [2.75, 3.05) is 90.8 Å². The van der Waals surface area contributed by atoms with Crippen molar-refractivity contribution >= 4 is 75.8 Å². The number of halogens is 5. The number of sulfone groups is 2. The van der Waals surface area contributed by atoms with Gasteiger partial charge >= 0.3 is 5.51 Å². The minimum Gasteiger partial charge on any atom is -0.380 e. The van der Waals surface area contributed by atoms with Crippen molar-refractivity contribution in [3.05, 3.63) is 132 Å². The Kier molecular flexibility index (Phi) is 18.2. The molecule has 2 aliphatic heterocycles. The van der Waals surface area contributed by atoms with E-state index in [1.54, 1.807) is 37.3 Å². The van der Waals surface area contributed by atoms with Gasteiger partial charge in [0.15, 0.2) is 9.84 Å². The van der Waals surface area contributed by atoms with Crippen LogP contribution in [0.25, 0.3) is 22.4 Å². The van der Waals surface area contributed by atoms with Crippen molar-refractivity contribution in [2.45, 2.75) is 84.3 Å². The second-order valence-corrected chi connectivity index (χ2v) is 27.3. The quantitative estimate of drug-likeness (QED) is 0.0491. The number of hydrogen-bond acceptors (Lipinski definition) is 13. The zero-order valence-corrected chi connectivity index (χ0v) is 48.2. The van der Waals surface area contributed by atoms with Gasteiger partial charge in [0.25, 0.3) is 19.9 Å². The number of nitrogens with one attached hydrogen (secondary N) is 3. The first-order chi connectivity index (χ1) is 36.8. The van der Waals surface area contributed by atoms with Gasteiger partial charge in [0.05, 0.1) is 21.2 Å². The van der Waals surface area contributed by atoms with Crippen LogP contribution in [0.5, 0.6) is 0 Å². The van der Waals surface area contributed by atoms with Crippen molar-refractivity contribution in [3.63, 3.8) is 0 Å². The van der Waals surface area contributed by atoms with Gasteiger partial charge in [-0.15, -0.1) is 11.8 Å². The number of thioether (sulfide) groups is 1. The highest BCUT2D eigenvalue weighted by molar-refractivity contribution is 7.99. The summed E-state index contributed by atoms with van der Waals surface area (Å²) >= 11 is 7.72. The molecule has 0 radical (unpaired) electrons. The van der Waals surface area contributed by atoms with Crippen molar-refractivity contribution < 1.29 is 42.8 Å². The van der Waals surface area contributed by atoms with Crippen LogP contribution in [0, 0.1) is 12.7 Å². The van der Waals surface area contributed by atoms with E-state index in [-0.39, 0.29) is 28.4 Å². The Labute approximate surface area is 465 Å². The Morgan fingerprint density at radius 1 is 0.718 bits per heavy atom. The summed E-state index contributed by atoms with van der Waals surface area (Å²) < 4.78 is 145. The molecule has 78 heavy (non-hydrogen) atoms. The van der Waals surface area contributed by atoms with Gasteiger partial charge < -0.3 is 24.6 Å². The molecule has 1 aromatic heterocycles. The molecule has 420 valence electrons. The van der Waals surface area contributed by atoms with Crippen molar-refractivity contribution in [3.8, 4) is 22.4 Å². The van der Waals surface area contributed by atoms with Crippen molar-refractivity contribution in [1.82, 2.24) is 19.9 Å². The van der Waals surface area contributed by atoms with E-state index in [9.17, 15) is 38.4 Å². The second kappa shape index (κ2) is 24.2. The van der Waals surface area contributed by atoms with Crippen LogP contribution in [-0.2, 0) is 29.7 Å². The molecular formula is C55H65ClF4N8O6S4. The third-order valence-corrected chi connectivity index (χ3v) is 19.3. The molecule has 3 N–H and O–H groups in total. The molecule has 8 rings (SSSR count). The lowest BCUT2D eigenvalue weighted by molar-refractivity contribution is -0.0435. The summed E-state index contributed by atoms with van der Waals surface area (Å²) in [5, 5.41) is 5.73. The van der Waals surface area contributed by atoms with Gasteiger partial charge in [0.2, 0.25) is 0 Å². The molecule has 2 saturated heterocycles. The van der Waals surface area contributed by atoms with E-state index >= 15 is 4.39 Å². The average Bonchev–Trinajstić information content (AvgIpc) is 3.93.